The minimum atomic E-state index is 0.527. The zero-order valence-electron chi connectivity index (χ0n) is 13.3. The minimum Gasteiger partial charge on any atom is -0.285 e. The van der Waals surface area contributed by atoms with Gasteiger partial charge in [0.25, 0.3) is 0 Å². The highest BCUT2D eigenvalue weighted by Crippen LogP contribution is 2.28. The number of fused-ring (bicyclic) bond motifs is 2. The van der Waals surface area contributed by atoms with Crippen molar-refractivity contribution in [2.45, 2.75) is 6.54 Å². The third kappa shape index (κ3) is 2.35. The first-order valence-corrected chi connectivity index (χ1v) is 7.71. The summed E-state index contributed by atoms with van der Waals surface area (Å²) >= 11 is 0. The maximum Gasteiger partial charge on any atom is 0.190 e. The summed E-state index contributed by atoms with van der Waals surface area (Å²) in [6, 6.07) is 3.88. The molecule has 0 radical (unpaired) electrons. The van der Waals surface area contributed by atoms with Gasteiger partial charge in [0.05, 0.1) is 30.3 Å². The third-order valence-corrected chi connectivity index (χ3v) is 3.95. The van der Waals surface area contributed by atoms with Crippen molar-refractivity contribution in [3.05, 3.63) is 48.8 Å². The number of rotatable bonds is 3. The van der Waals surface area contributed by atoms with Crippen molar-refractivity contribution in [1.82, 2.24) is 39.9 Å². The first-order valence-electron chi connectivity index (χ1n) is 7.71. The molecule has 4 aromatic heterocycles. The van der Waals surface area contributed by atoms with Gasteiger partial charge in [-0.05, 0) is 12.1 Å². The van der Waals surface area contributed by atoms with Gasteiger partial charge in [-0.1, -0.05) is 0 Å². The lowest BCUT2D eigenvalue weighted by atomic mass is 10.3. The SMILES string of the molecule is Cn1cc(-c2cnc3c(n2)N(Cc2ccc4nccn4n2)NN3)cn1. The lowest BCUT2D eigenvalue weighted by molar-refractivity contribution is 0.691. The first kappa shape index (κ1) is 13.9. The van der Waals surface area contributed by atoms with Gasteiger partial charge in [-0.2, -0.15) is 10.2 Å². The monoisotopic (exact) mass is 334 g/mol. The predicted molar refractivity (Wildman–Crippen MR) is 90.2 cm³/mol. The summed E-state index contributed by atoms with van der Waals surface area (Å²) < 4.78 is 3.49. The van der Waals surface area contributed by atoms with Crippen LogP contribution in [0.15, 0.2) is 43.1 Å². The lowest BCUT2D eigenvalue weighted by Gasteiger charge is -2.16. The number of imidazole rings is 1. The van der Waals surface area contributed by atoms with E-state index in [0.29, 0.717) is 18.2 Å². The van der Waals surface area contributed by atoms with E-state index in [1.54, 1.807) is 27.8 Å². The van der Waals surface area contributed by atoms with Crippen LogP contribution in [0.1, 0.15) is 5.69 Å². The van der Waals surface area contributed by atoms with E-state index in [4.69, 9.17) is 4.98 Å². The molecule has 4 aromatic rings. The minimum absolute atomic E-state index is 0.527. The van der Waals surface area contributed by atoms with Gasteiger partial charge in [-0.15, -0.1) is 5.53 Å². The van der Waals surface area contributed by atoms with Crippen LogP contribution in [0.2, 0.25) is 0 Å². The summed E-state index contributed by atoms with van der Waals surface area (Å²) in [6.45, 7) is 0.527. The Morgan fingerprint density at radius 1 is 1.16 bits per heavy atom. The number of hydrazine groups is 2. The molecule has 0 atom stereocenters. The van der Waals surface area contributed by atoms with Crippen LogP contribution in [0, 0.1) is 0 Å². The fourth-order valence-electron chi connectivity index (χ4n) is 2.74. The average molecular weight is 334 g/mol. The van der Waals surface area contributed by atoms with E-state index in [0.717, 1.165) is 22.6 Å². The molecule has 10 nitrogen and oxygen atoms in total. The predicted octanol–water partition coefficient (Wildman–Crippen LogP) is 0.771. The van der Waals surface area contributed by atoms with Gasteiger partial charge in [0.1, 0.15) is 0 Å². The van der Waals surface area contributed by atoms with Crippen LogP contribution in [0.25, 0.3) is 16.9 Å². The van der Waals surface area contributed by atoms with Crippen molar-refractivity contribution >= 4 is 17.3 Å². The Kier molecular flexibility index (Phi) is 2.91. The normalized spacial score (nSPS) is 13.2. The van der Waals surface area contributed by atoms with Crippen LogP contribution in [0.5, 0.6) is 0 Å². The second kappa shape index (κ2) is 5.24. The Bertz CT molecular complexity index is 1070. The molecule has 2 N–H and O–H groups in total. The molecule has 0 aliphatic carbocycles. The van der Waals surface area contributed by atoms with Gasteiger partial charge < -0.3 is 0 Å². The van der Waals surface area contributed by atoms with E-state index in [9.17, 15) is 0 Å². The highest BCUT2D eigenvalue weighted by atomic mass is 15.7. The van der Waals surface area contributed by atoms with Crippen LogP contribution in [0.4, 0.5) is 11.6 Å². The number of aromatic nitrogens is 7. The Balaban J connectivity index is 1.47. The van der Waals surface area contributed by atoms with E-state index in [2.05, 4.69) is 31.1 Å². The molecule has 0 fully saturated rings. The van der Waals surface area contributed by atoms with E-state index < -0.39 is 0 Å². The fraction of sp³-hybridized carbons (Fsp3) is 0.133. The van der Waals surface area contributed by atoms with Crippen molar-refractivity contribution in [3.8, 4) is 11.3 Å². The van der Waals surface area contributed by atoms with Gasteiger partial charge in [0.15, 0.2) is 17.3 Å². The van der Waals surface area contributed by atoms with E-state index in [1.165, 1.54) is 0 Å². The summed E-state index contributed by atoms with van der Waals surface area (Å²) in [4.78, 5) is 13.3. The van der Waals surface area contributed by atoms with Crippen molar-refractivity contribution in [3.63, 3.8) is 0 Å². The van der Waals surface area contributed by atoms with Crippen molar-refractivity contribution < 1.29 is 0 Å². The van der Waals surface area contributed by atoms with Crippen molar-refractivity contribution in [1.29, 1.82) is 0 Å². The van der Waals surface area contributed by atoms with Gasteiger partial charge >= 0.3 is 0 Å². The van der Waals surface area contributed by atoms with Crippen LogP contribution >= 0.6 is 0 Å². The highest BCUT2D eigenvalue weighted by Gasteiger charge is 2.23. The maximum absolute atomic E-state index is 4.70. The summed E-state index contributed by atoms with van der Waals surface area (Å²) in [6.07, 6.45) is 8.95. The summed E-state index contributed by atoms with van der Waals surface area (Å²) in [5.74, 6) is 1.39. The first-order chi connectivity index (χ1) is 12.3. The smallest absolute Gasteiger partial charge is 0.190 e. The Morgan fingerprint density at radius 3 is 3.00 bits per heavy atom. The molecular formula is C15H14N10. The van der Waals surface area contributed by atoms with Gasteiger partial charge in [0, 0.05) is 31.2 Å². The molecule has 0 spiro atoms. The molecule has 10 heteroatoms. The molecule has 0 saturated carbocycles. The molecule has 5 rings (SSSR count). The molecule has 1 aliphatic heterocycles. The molecule has 0 saturated heterocycles. The number of anilines is 2. The highest BCUT2D eigenvalue weighted by molar-refractivity contribution is 5.69. The Morgan fingerprint density at radius 2 is 2.12 bits per heavy atom. The summed E-state index contributed by atoms with van der Waals surface area (Å²) in [5, 5.41) is 10.6. The topological polar surface area (TPSA) is 101 Å². The quantitative estimate of drug-likeness (QED) is 0.567. The molecule has 25 heavy (non-hydrogen) atoms. The van der Waals surface area contributed by atoms with Crippen molar-refractivity contribution in [2.75, 3.05) is 10.4 Å². The second-order valence-electron chi connectivity index (χ2n) is 5.71. The van der Waals surface area contributed by atoms with Crippen LogP contribution in [-0.2, 0) is 13.6 Å². The largest absolute Gasteiger partial charge is 0.285 e. The van der Waals surface area contributed by atoms with E-state index in [1.807, 2.05) is 36.6 Å². The van der Waals surface area contributed by atoms with Crippen LogP contribution in [0.3, 0.4) is 0 Å². The maximum atomic E-state index is 4.70. The molecule has 124 valence electrons. The zero-order chi connectivity index (χ0) is 16.8. The third-order valence-electron chi connectivity index (χ3n) is 3.95. The van der Waals surface area contributed by atoms with Gasteiger partial charge in [-0.25, -0.2) is 19.5 Å². The van der Waals surface area contributed by atoms with Crippen molar-refractivity contribution in [2.24, 2.45) is 7.05 Å². The number of nitrogens with one attached hydrogen (secondary N) is 2. The number of hydrogen-bond donors (Lipinski definition) is 2. The molecular weight excluding hydrogens is 320 g/mol. The number of hydrogen-bond acceptors (Lipinski definition) is 8. The Labute approximate surface area is 142 Å². The van der Waals surface area contributed by atoms with E-state index >= 15 is 0 Å². The summed E-state index contributed by atoms with van der Waals surface area (Å²) in [5.41, 5.74) is 9.46. The lowest BCUT2D eigenvalue weighted by Crippen LogP contribution is -2.36. The molecule has 0 amide bonds. The molecule has 0 aromatic carbocycles. The summed E-state index contributed by atoms with van der Waals surface area (Å²) in [7, 11) is 1.87. The van der Waals surface area contributed by atoms with Crippen LogP contribution in [-0.4, -0.2) is 34.3 Å². The van der Waals surface area contributed by atoms with Gasteiger partial charge in [-0.3, -0.25) is 15.1 Å². The standard InChI is InChI=1S/C15H14N10/c1-23-8-10(6-18-23)12-7-17-14-15(19-12)25(22-20-14)9-11-2-3-13-16-4-5-24(13)21-11/h2-8,22H,9H2,1H3,(H,17,20). The average Bonchev–Trinajstić information content (AvgIpc) is 3.34. The number of nitrogens with zero attached hydrogens (tertiary/aromatic N) is 8. The van der Waals surface area contributed by atoms with Crippen LogP contribution < -0.4 is 16.0 Å². The Hall–Kier alpha value is -3.53. The van der Waals surface area contributed by atoms with E-state index in [-0.39, 0.29) is 0 Å². The number of aryl methyl sites for hydroxylation is 1. The molecule has 5 heterocycles. The zero-order valence-corrected chi connectivity index (χ0v) is 13.3. The fourth-order valence-corrected chi connectivity index (χ4v) is 2.74. The molecule has 0 unspecified atom stereocenters. The van der Waals surface area contributed by atoms with Gasteiger partial charge in [0.2, 0.25) is 0 Å². The second-order valence-corrected chi connectivity index (χ2v) is 5.71. The molecule has 1 aliphatic rings. The molecule has 0 bridgehead atoms.